The van der Waals surface area contributed by atoms with E-state index >= 15 is 0 Å². The molecule has 7 heteroatoms. The summed E-state index contributed by atoms with van der Waals surface area (Å²) in [4.78, 5) is 20.4. The van der Waals surface area contributed by atoms with Gasteiger partial charge < -0.3 is 8.83 Å². The van der Waals surface area contributed by atoms with Crippen molar-refractivity contribution in [1.29, 1.82) is 0 Å². The van der Waals surface area contributed by atoms with Gasteiger partial charge in [-0.1, -0.05) is 133 Å². The van der Waals surface area contributed by atoms with E-state index in [-0.39, 0.29) is 0 Å². The van der Waals surface area contributed by atoms with Crippen molar-refractivity contribution >= 4 is 86.3 Å². The van der Waals surface area contributed by atoms with E-state index in [0.717, 1.165) is 88.0 Å². The molecule has 0 saturated carbocycles. The number of hydrogen-bond acceptors (Lipinski definition) is 7. The van der Waals surface area contributed by atoms with Gasteiger partial charge in [-0.25, -0.2) is 19.9 Å². The zero-order chi connectivity index (χ0) is 40.0. The van der Waals surface area contributed by atoms with Crippen LogP contribution in [0.25, 0.3) is 131 Å². The van der Waals surface area contributed by atoms with Crippen LogP contribution in [-0.2, 0) is 0 Å². The SMILES string of the molecule is c1ccc(-c2nc(-c3ccc(-c4cccc5oc6ncc(-c7ccc8c(c7)sc7ccccc78)cc6c45)c4ccccc34)nc(-c3cccc4oc5ccccc5c34)n2)cc1. The summed E-state index contributed by atoms with van der Waals surface area (Å²) in [5, 5.41) is 8.68. The molecule has 0 amide bonds. The van der Waals surface area contributed by atoms with Crippen LogP contribution in [0.3, 0.4) is 0 Å². The molecule has 0 aliphatic rings. The van der Waals surface area contributed by atoms with Crippen molar-refractivity contribution in [2.45, 2.75) is 0 Å². The smallest absolute Gasteiger partial charge is 0.227 e. The molecule has 0 aliphatic heterocycles. The Morgan fingerprint density at radius 2 is 0.967 bits per heavy atom. The van der Waals surface area contributed by atoms with Crippen LogP contribution >= 0.6 is 11.3 Å². The molecule has 13 aromatic rings. The fraction of sp³-hybridized carbons (Fsp3) is 0. The molecule has 0 N–H and O–H groups in total. The number of rotatable bonds is 5. The predicted octanol–water partition coefficient (Wildman–Crippen LogP) is 14.9. The fourth-order valence-corrected chi connectivity index (χ4v) is 10.2. The Morgan fingerprint density at radius 1 is 0.344 bits per heavy atom. The van der Waals surface area contributed by atoms with Gasteiger partial charge in [0.1, 0.15) is 16.7 Å². The van der Waals surface area contributed by atoms with Gasteiger partial charge in [0, 0.05) is 70.2 Å². The molecule has 8 aromatic carbocycles. The summed E-state index contributed by atoms with van der Waals surface area (Å²) in [5.74, 6) is 1.77. The van der Waals surface area contributed by atoms with E-state index in [2.05, 4.69) is 109 Å². The summed E-state index contributed by atoms with van der Waals surface area (Å²) < 4.78 is 15.3. The van der Waals surface area contributed by atoms with Gasteiger partial charge in [-0.3, -0.25) is 0 Å². The largest absolute Gasteiger partial charge is 0.456 e. The van der Waals surface area contributed by atoms with Crippen LogP contribution in [0, 0.1) is 0 Å². The van der Waals surface area contributed by atoms with Gasteiger partial charge in [0.2, 0.25) is 5.71 Å². The van der Waals surface area contributed by atoms with Crippen LogP contribution in [0.1, 0.15) is 0 Å². The molecule has 0 unspecified atom stereocenters. The summed E-state index contributed by atoms with van der Waals surface area (Å²) >= 11 is 1.82. The highest BCUT2D eigenvalue weighted by Gasteiger charge is 2.21. The van der Waals surface area contributed by atoms with Crippen molar-refractivity contribution in [2.24, 2.45) is 0 Å². The first-order chi connectivity index (χ1) is 30.2. The quantitative estimate of drug-likeness (QED) is 0.173. The Hall–Kier alpha value is -8.00. The van der Waals surface area contributed by atoms with E-state index in [1.165, 1.54) is 20.2 Å². The molecule has 61 heavy (non-hydrogen) atoms. The molecule has 0 saturated heterocycles. The number of benzene rings is 8. The third-order valence-corrected chi connectivity index (χ3v) is 13.0. The Kier molecular flexibility index (Phi) is 7.37. The maximum absolute atomic E-state index is 6.44. The minimum Gasteiger partial charge on any atom is -0.456 e. The van der Waals surface area contributed by atoms with E-state index < -0.39 is 0 Å². The first-order valence-electron chi connectivity index (χ1n) is 20.2. The molecule has 284 valence electrons. The normalized spacial score (nSPS) is 11.9. The van der Waals surface area contributed by atoms with E-state index in [1.54, 1.807) is 0 Å². The van der Waals surface area contributed by atoms with Gasteiger partial charge in [-0.05, 0) is 69.9 Å². The van der Waals surface area contributed by atoms with Crippen LogP contribution in [0.4, 0.5) is 0 Å². The van der Waals surface area contributed by atoms with Crippen LogP contribution in [-0.4, -0.2) is 19.9 Å². The summed E-state index contributed by atoms with van der Waals surface area (Å²) in [6.45, 7) is 0. The number of furan rings is 2. The predicted molar refractivity (Wildman–Crippen MR) is 250 cm³/mol. The van der Waals surface area contributed by atoms with E-state index in [0.29, 0.717) is 23.2 Å². The molecular formula is C54H30N4O2S. The summed E-state index contributed by atoms with van der Waals surface area (Å²) in [6, 6.07) is 60.9. The minimum absolute atomic E-state index is 0.582. The van der Waals surface area contributed by atoms with Gasteiger partial charge >= 0.3 is 0 Å². The first-order valence-corrected chi connectivity index (χ1v) is 21.0. The molecule has 0 radical (unpaired) electrons. The van der Waals surface area contributed by atoms with E-state index in [4.69, 9.17) is 28.8 Å². The summed E-state index contributed by atoms with van der Waals surface area (Å²) in [7, 11) is 0. The molecule has 6 nitrogen and oxygen atoms in total. The highest BCUT2D eigenvalue weighted by atomic mass is 32.1. The maximum atomic E-state index is 6.44. The van der Waals surface area contributed by atoms with E-state index in [1.807, 2.05) is 84.3 Å². The second-order valence-corrected chi connectivity index (χ2v) is 16.4. The molecule has 0 aliphatic carbocycles. The topological polar surface area (TPSA) is 77.8 Å². The number of hydrogen-bond donors (Lipinski definition) is 0. The zero-order valence-electron chi connectivity index (χ0n) is 32.3. The fourth-order valence-electron chi connectivity index (χ4n) is 9.02. The Labute approximate surface area is 352 Å². The highest BCUT2D eigenvalue weighted by Crippen LogP contribution is 2.43. The van der Waals surface area contributed by atoms with Gasteiger partial charge in [0.15, 0.2) is 17.5 Å². The highest BCUT2D eigenvalue weighted by molar-refractivity contribution is 7.25. The van der Waals surface area contributed by atoms with Crippen molar-refractivity contribution in [3.8, 4) is 56.4 Å². The molecular weight excluding hydrogens is 769 g/mol. The zero-order valence-corrected chi connectivity index (χ0v) is 33.2. The minimum atomic E-state index is 0.582. The van der Waals surface area contributed by atoms with Crippen molar-refractivity contribution < 1.29 is 8.83 Å². The third-order valence-electron chi connectivity index (χ3n) is 11.8. The monoisotopic (exact) mass is 798 g/mol. The van der Waals surface area contributed by atoms with Crippen molar-refractivity contribution in [2.75, 3.05) is 0 Å². The van der Waals surface area contributed by atoms with Crippen LogP contribution in [0.15, 0.2) is 191 Å². The number of pyridine rings is 1. The Morgan fingerprint density at radius 3 is 1.82 bits per heavy atom. The number of thiophene rings is 1. The van der Waals surface area contributed by atoms with Crippen molar-refractivity contribution in [3.05, 3.63) is 182 Å². The Bertz CT molecular complexity index is 3900. The van der Waals surface area contributed by atoms with Gasteiger partial charge in [-0.2, -0.15) is 0 Å². The van der Waals surface area contributed by atoms with Crippen molar-refractivity contribution in [1.82, 2.24) is 19.9 Å². The molecule has 0 fully saturated rings. The van der Waals surface area contributed by atoms with Gasteiger partial charge in [0.25, 0.3) is 0 Å². The van der Waals surface area contributed by atoms with Crippen LogP contribution in [0.2, 0.25) is 0 Å². The van der Waals surface area contributed by atoms with Gasteiger partial charge in [0.05, 0.1) is 0 Å². The number of para-hydroxylation sites is 1. The lowest BCUT2D eigenvalue weighted by molar-refractivity contribution is 0.654. The molecule has 13 rings (SSSR count). The molecule has 0 spiro atoms. The lowest BCUT2D eigenvalue weighted by Crippen LogP contribution is -2.01. The maximum Gasteiger partial charge on any atom is 0.227 e. The van der Waals surface area contributed by atoms with E-state index in [9.17, 15) is 0 Å². The first kappa shape index (κ1) is 33.9. The second kappa shape index (κ2) is 13.3. The molecule has 0 bridgehead atoms. The number of aromatic nitrogens is 4. The van der Waals surface area contributed by atoms with Crippen LogP contribution < -0.4 is 0 Å². The average Bonchev–Trinajstić information content (AvgIpc) is 4.02. The third kappa shape index (κ3) is 5.34. The standard InChI is InChI=1S/C54H30N4O2S/c1-2-12-31(13-3-1)51-56-52(58-53(57-51)42-19-11-21-45-50(42)41-17-6-8-20-44(41)59-45)40-27-26-36(34-14-4-5-15-35(34)40)39-18-10-22-46-49(39)43-28-33(30-55-54(43)60-46)32-24-25-38-37-16-7-9-23-47(37)61-48(38)29-32/h1-30H. The second-order valence-electron chi connectivity index (χ2n) is 15.3. The summed E-state index contributed by atoms with van der Waals surface area (Å²) in [5.41, 5.74) is 10.0. The average molecular weight is 799 g/mol. The number of fused-ring (bicyclic) bond motifs is 10. The number of nitrogens with zero attached hydrogens (tertiary/aromatic N) is 4. The van der Waals surface area contributed by atoms with Gasteiger partial charge in [-0.15, -0.1) is 11.3 Å². The molecule has 0 atom stereocenters. The lowest BCUT2D eigenvalue weighted by Gasteiger charge is -2.14. The van der Waals surface area contributed by atoms with Crippen molar-refractivity contribution in [3.63, 3.8) is 0 Å². The Balaban J connectivity index is 0.989. The lowest BCUT2D eigenvalue weighted by atomic mass is 9.92. The molecule has 5 heterocycles. The van der Waals surface area contributed by atoms with Crippen LogP contribution in [0.5, 0.6) is 0 Å². The molecule has 5 aromatic heterocycles. The summed E-state index contributed by atoms with van der Waals surface area (Å²) in [6.07, 6.45) is 1.92.